The van der Waals surface area contributed by atoms with Crippen LogP contribution in [0.25, 0.3) is 0 Å². The first-order valence-electron chi connectivity index (χ1n) is 5.12. The Balaban J connectivity index is 2.29. The first kappa shape index (κ1) is 14.0. The van der Waals surface area contributed by atoms with Gasteiger partial charge < -0.3 is 5.32 Å². The van der Waals surface area contributed by atoms with E-state index in [0.29, 0.717) is 6.07 Å². The second kappa shape index (κ2) is 5.26. The molecule has 20 heavy (non-hydrogen) atoms. The van der Waals surface area contributed by atoms with E-state index in [0.717, 1.165) is 23.7 Å². The molecule has 1 amide bonds. The van der Waals surface area contributed by atoms with Gasteiger partial charge in [0.2, 0.25) is 0 Å². The molecule has 0 radical (unpaired) electrons. The van der Waals surface area contributed by atoms with Gasteiger partial charge >= 0.3 is 6.18 Å². The maximum absolute atomic E-state index is 12.5. The van der Waals surface area contributed by atoms with Crippen molar-refractivity contribution in [3.05, 3.63) is 40.4 Å². The maximum Gasteiger partial charge on any atom is 0.416 e. The Morgan fingerprint density at radius 2 is 2.15 bits per heavy atom. The molecule has 5 nitrogen and oxygen atoms in total. The van der Waals surface area contributed by atoms with Crippen molar-refractivity contribution in [2.45, 2.75) is 6.18 Å². The van der Waals surface area contributed by atoms with Gasteiger partial charge in [0.05, 0.1) is 23.0 Å². The number of aromatic nitrogens is 2. The molecule has 0 aliphatic rings. The van der Waals surface area contributed by atoms with E-state index in [1.54, 1.807) is 6.07 Å². The molecule has 0 bridgehead atoms. The van der Waals surface area contributed by atoms with Crippen LogP contribution in [-0.2, 0) is 6.18 Å². The van der Waals surface area contributed by atoms with Crippen LogP contribution >= 0.6 is 11.5 Å². The molecule has 0 aliphatic heterocycles. The lowest BCUT2D eigenvalue weighted by Crippen LogP contribution is -2.12. The van der Waals surface area contributed by atoms with Crippen molar-refractivity contribution in [1.82, 2.24) is 9.59 Å². The molecule has 9 heteroatoms. The predicted molar refractivity (Wildman–Crippen MR) is 64.0 cm³/mol. The van der Waals surface area contributed by atoms with Gasteiger partial charge in [-0.3, -0.25) is 4.79 Å². The third-order valence-corrected chi connectivity index (χ3v) is 2.96. The highest BCUT2D eigenvalue weighted by molar-refractivity contribution is 7.07. The molecule has 2 rings (SSSR count). The summed E-state index contributed by atoms with van der Waals surface area (Å²) in [6, 6.07) is 4.13. The number of carbonyl (C=O) groups excluding carboxylic acids is 1. The van der Waals surface area contributed by atoms with Crippen LogP contribution in [0.4, 0.5) is 18.9 Å². The minimum absolute atomic E-state index is 0.00102. The summed E-state index contributed by atoms with van der Waals surface area (Å²) < 4.78 is 41.0. The molecule has 2 aromatic rings. The summed E-state index contributed by atoms with van der Waals surface area (Å²) >= 11 is 0.835. The van der Waals surface area contributed by atoms with Crippen LogP contribution < -0.4 is 5.32 Å². The molecule has 0 unspecified atom stereocenters. The van der Waals surface area contributed by atoms with Crippen LogP contribution in [0, 0.1) is 11.3 Å². The highest BCUT2D eigenvalue weighted by Gasteiger charge is 2.31. The normalized spacial score (nSPS) is 10.9. The van der Waals surface area contributed by atoms with Crippen molar-refractivity contribution in [1.29, 1.82) is 5.26 Å². The van der Waals surface area contributed by atoms with E-state index < -0.39 is 17.6 Å². The largest absolute Gasteiger partial charge is 0.416 e. The van der Waals surface area contributed by atoms with Gasteiger partial charge in [0.15, 0.2) is 0 Å². The van der Waals surface area contributed by atoms with Crippen molar-refractivity contribution in [3.63, 3.8) is 0 Å². The number of nitriles is 1. The molecular weight excluding hydrogens is 293 g/mol. The number of hydrogen-bond donors (Lipinski definition) is 1. The predicted octanol–water partition coefficient (Wildman–Crippen LogP) is 2.68. The number of amides is 1. The van der Waals surface area contributed by atoms with Gasteiger partial charge in [0.1, 0.15) is 10.9 Å². The number of benzene rings is 1. The lowest BCUT2D eigenvalue weighted by molar-refractivity contribution is -0.137. The van der Waals surface area contributed by atoms with E-state index in [1.165, 1.54) is 6.20 Å². The fraction of sp³-hybridized carbons (Fsp3) is 0.0909. The summed E-state index contributed by atoms with van der Waals surface area (Å²) in [4.78, 5) is 11.9. The van der Waals surface area contributed by atoms with Crippen LogP contribution in [0.2, 0.25) is 0 Å². The van der Waals surface area contributed by atoms with Gasteiger partial charge in [-0.05, 0) is 29.7 Å². The van der Waals surface area contributed by atoms with Gasteiger partial charge in [0, 0.05) is 0 Å². The third-order valence-electron chi connectivity index (χ3n) is 2.30. The summed E-state index contributed by atoms with van der Waals surface area (Å²) in [5, 5.41) is 14.7. The first-order chi connectivity index (χ1) is 9.41. The highest BCUT2D eigenvalue weighted by atomic mass is 32.1. The van der Waals surface area contributed by atoms with E-state index in [2.05, 4.69) is 14.9 Å². The van der Waals surface area contributed by atoms with Gasteiger partial charge in [-0.25, -0.2) is 0 Å². The molecule has 0 fully saturated rings. The molecule has 1 aromatic carbocycles. The van der Waals surface area contributed by atoms with Crippen molar-refractivity contribution in [3.8, 4) is 6.07 Å². The monoisotopic (exact) mass is 298 g/mol. The van der Waals surface area contributed by atoms with Crippen molar-refractivity contribution in [2.24, 2.45) is 0 Å². The van der Waals surface area contributed by atoms with Crippen molar-refractivity contribution < 1.29 is 18.0 Å². The maximum atomic E-state index is 12.5. The van der Waals surface area contributed by atoms with Gasteiger partial charge in [0.25, 0.3) is 5.91 Å². The van der Waals surface area contributed by atoms with E-state index in [-0.39, 0.29) is 16.1 Å². The molecule has 1 heterocycles. The average molecular weight is 298 g/mol. The van der Waals surface area contributed by atoms with Gasteiger partial charge in [-0.2, -0.15) is 18.4 Å². The molecule has 1 aromatic heterocycles. The molecule has 102 valence electrons. The van der Waals surface area contributed by atoms with Crippen LogP contribution in [0.1, 0.15) is 20.8 Å². The average Bonchev–Trinajstić information content (AvgIpc) is 2.91. The molecule has 0 atom stereocenters. The fourth-order valence-corrected chi connectivity index (χ4v) is 1.78. The number of halogens is 3. The topological polar surface area (TPSA) is 78.7 Å². The Morgan fingerprint density at radius 3 is 2.70 bits per heavy atom. The number of alkyl halides is 3. The van der Waals surface area contributed by atoms with Crippen LogP contribution in [0.5, 0.6) is 0 Å². The molecule has 0 saturated carbocycles. The number of nitrogens with one attached hydrogen (secondary N) is 1. The summed E-state index contributed by atoms with van der Waals surface area (Å²) in [6.45, 7) is 0. The molecule has 0 spiro atoms. The van der Waals surface area contributed by atoms with E-state index in [4.69, 9.17) is 5.26 Å². The Labute approximate surface area is 114 Å². The Hall–Kier alpha value is -2.47. The van der Waals surface area contributed by atoms with Gasteiger partial charge in [-0.15, -0.1) is 5.10 Å². The Morgan fingerprint density at radius 1 is 1.40 bits per heavy atom. The smallest absolute Gasteiger partial charge is 0.320 e. The number of rotatable bonds is 2. The number of carbonyl (C=O) groups is 1. The standard InChI is InChI=1S/C11H5F3N4OS/c12-11(13,14)7-1-2-8(6(3-7)4-15)17-10(19)9-5-16-18-20-9/h1-3,5H,(H,17,19). The molecule has 0 aliphatic carbocycles. The second-order valence-electron chi connectivity index (χ2n) is 3.61. The summed E-state index contributed by atoms with van der Waals surface area (Å²) in [7, 11) is 0. The molecule has 1 N–H and O–H groups in total. The third kappa shape index (κ3) is 2.92. The zero-order valence-electron chi connectivity index (χ0n) is 9.60. The highest BCUT2D eigenvalue weighted by Crippen LogP contribution is 2.31. The van der Waals surface area contributed by atoms with Crippen molar-refractivity contribution in [2.75, 3.05) is 5.32 Å². The zero-order valence-corrected chi connectivity index (χ0v) is 10.4. The summed E-state index contributed by atoms with van der Waals surface area (Å²) in [5.41, 5.74) is -1.23. The van der Waals surface area contributed by atoms with E-state index >= 15 is 0 Å². The quantitative estimate of drug-likeness (QED) is 0.924. The van der Waals surface area contributed by atoms with Crippen molar-refractivity contribution >= 4 is 23.1 Å². The SMILES string of the molecule is N#Cc1cc(C(F)(F)F)ccc1NC(=O)c1cnns1. The first-order valence-corrected chi connectivity index (χ1v) is 5.89. The minimum atomic E-state index is -4.55. The van der Waals surface area contributed by atoms with Crippen LogP contribution in [-0.4, -0.2) is 15.5 Å². The Kier molecular flexibility index (Phi) is 3.67. The zero-order chi connectivity index (χ0) is 14.8. The Bertz CT molecular complexity index is 676. The fourth-order valence-electron chi connectivity index (χ4n) is 1.37. The second-order valence-corrected chi connectivity index (χ2v) is 4.39. The number of hydrogen-bond acceptors (Lipinski definition) is 5. The minimum Gasteiger partial charge on any atom is -0.320 e. The van der Waals surface area contributed by atoms with Crippen LogP contribution in [0.15, 0.2) is 24.4 Å². The summed E-state index contributed by atoms with van der Waals surface area (Å²) in [6.07, 6.45) is -3.33. The molecular formula is C11H5F3N4OS. The summed E-state index contributed by atoms with van der Waals surface area (Å²) in [5.74, 6) is -0.587. The van der Waals surface area contributed by atoms with E-state index in [1.807, 2.05) is 0 Å². The van der Waals surface area contributed by atoms with Crippen LogP contribution in [0.3, 0.4) is 0 Å². The lowest BCUT2D eigenvalue weighted by atomic mass is 10.1. The van der Waals surface area contributed by atoms with E-state index in [9.17, 15) is 18.0 Å². The number of anilines is 1. The number of nitrogens with zero attached hydrogens (tertiary/aromatic N) is 3. The lowest BCUT2D eigenvalue weighted by Gasteiger charge is -2.10. The van der Waals surface area contributed by atoms with Gasteiger partial charge in [-0.1, -0.05) is 4.49 Å². The molecule has 0 saturated heterocycles.